The summed E-state index contributed by atoms with van der Waals surface area (Å²) in [5, 5.41) is 2.58. The Labute approximate surface area is 117 Å². The second-order valence-electron chi connectivity index (χ2n) is 4.91. The average molecular weight is 322 g/mol. The monoisotopic (exact) mass is 322 g/mol. The number of nitrogens with one attached hydrogen (secondary N) is 1. The Balaban J connectivity index is 2.91. The average Bonchev–Trinajstić information content (AvgIpc) is 3.07. The summed E-state index contributed by atoms with van der Waals surface area (Å²) in [7, 11) is 0. The minimum Gasteiger partial charge on any atom is -0.368 e. The number of rotatable bonds is 7. The quantitative estimate of drug-likeness (QED) is 0.702. The van der Waals surface area contributed by atoms with Crippen molar-refractivity contribution in [2.24, 2.45) is 11.7 Å². The van der Waals surface area contributed by atoms with Gasteiger partial charge in [-0.25, -0.2) is 0 Å². The van der Waals surface area contributed by atoms with Crippen LogP contribution in [0.25, 0.3) is 0 Å². The van der Waals surface area contributed by atoms with Gasteiger partial charge in [-0.3, -0.25) is 4.79 Å². The number of likely N-dealkylation sites (N-methyl/N-ethyl adjacent to an activating group) is 1. The third-order valence-corrected chi connectivity index (χ3v) is 3.28. The van der Waals surface area contributed by atoms with Crippen LogP contribution in [0.2, 0.25) is 0 Å². The van der Waals surface area contributed by atoms with Crippen molar-refractivity contribution < 1.29 is 35.9 Å². The summed E-state index contributed by atoms with van der Waals surface area (Å²) < 4.78 is 78.5. The predicted octanol–water partition coefficient (Wildman–Crippen LogP) is 1.74. The minimum atomic E-state index is -5.61. The number of ether oxygens (including phenoxy) is 1. The summed E-state index contributed by atoms with van der Waals surface area (Å²) >= 11 is 0. The highest BCUT2D eigenvalue weighted by atomic mass is 19.4. The molecule has 1 amide bonds. The van der Waals surface area contributed by atoms with E-state index in [0.29, 0.717) is 12.8 Å². The van der Waals surface area contributed by atoms with E-state index in [9.17, 15) is 31.1 Å². The molecule has 4 nitrogen and oxygen atoms in total. The van der Waals surface area contributed by atoms with Crippen LogP contribution in [0.5, 0.6) is 0 Å². The molecule has 0 bridgehead atoms. The molecule has 0 aliphatic heterocycles. The Bertz CT molecular complexity index is 366. The van der Waals surface area contributed by atoms with Crippen LogP contribution in [-0.2, 0) is 9.53 Å². The van der Waals surface area contributed by atoms with Crippen molar-refractivity contribution in [2.75, 3.05) is 13.2 Å². The highest BCUT2D eigenvalue weighted by Crippen LogP contribution is 2.42. The number of alkyl halides is 6. The molecule has 0 radical (unpaired) electrons. The summed E-state index contributed by atoms with van der Waals surface area (Å²) in [5.74, 6) is -1.44. The maximum Gasteiger partial charge on any atom is 0.423 e. The Morgan fingerprint density at radius 1 is 1.24 bits per heavy atom. The number of carbonyl (C=O) groups is 1. The minimum absolute atomic E-state index is 0.158. The fraction of sp³-hybridized carbons (Fsp3) is 0.909. The van der Waals surface area contributed by atoms with E-state index in [1.807, 2.05) is 0 Å². The van der Waals surface area contributed by atoms with E-state index in [2.05, 4.69) is 10.1 Å². The Morgan fingerprint density at radius 3 is 2.00 bits per heavy atom. The van der Waals surface area contributed by atoms with Crippen LogP contribution < -0.4 is 11.1 Å². The summed E-state index contributed by atoms with van der Waals surface area (Å²) in [6.07, 6.45) is -14.2. The first kappa shape index (κ1) is 18.0. The lowest BCUT2D eigenvalue weighted by molar-refractivity contribution is -0.324. The van der Waals surface area contributed by atoms with Gasteiger partial charge in [0.2, 0.25) is 12.0 Å². The van der Waals surface area contributed by atoms with Crippen molar-refractivity contribution in [1.29, 1.82) is 0 Å². The molecule has 0 spiro atoms. The van der Waals surface area contributed by atoms with Crippen molar-refractivity contribution in [3.8, 4) is 0 Å². The largest absolute Gasteiger partial charge is 0.423 e. The highest BCUT2D eigenvalue weighted by molar-refractivity contribution is 5.85. The molecule has 21 heavy (non-hydrogen) atoms. The van der Waals surface area contributed by atoms with Gasteiger partial charge < -0.3 is 15.8 Å². The molecule has 1 aliphatic rings. The molecule has 3 N–H and O–H groups in total. The van der Waals surface area contributed by atoms with Crippen molar-refractivity contribution in [1.82, 2.24) is 5.32 Å². The molecule has 0 saturated heterocycles. The van der Waals surface area contributed by atoms with Crippen molar-refractivity contribution >= 4 is 5.91 Å². The van der Waals surface area contributed by atoms with Gasteiger partial charge in [0.15, 0.2) is 0 Å². The van der Waals surface area contributed by atoms with Gasteiger partial charge in [-0.2, -0.15) is 26.3 Å². The van der Waals surface area contributed by atoms with Gasteiger partial charge in [-0.1, -0.05) is 6.92 Å². The Morgan fingerprint density at radius 2 is 1.71 bits per heavy atom. The predicted molar refractivity (Wildman–Crippen MR) is 60.2 cm³/mol. The van der Waals surface area contributed by atoms with Crippen molar-refractivity contribution in [3.63, 3.8) is 0 Å². The molecule has 10 heteroatoms. The molecule has 1 atom stereocenters. The molecule has 1 saturated carbocycles. The smallest absolute Gasteiger partial charge is 0.368 e. The third kappa shape index (κ3) is 4.22. The number of amides is 1. The Hall–Kier alpha value is -1.03. The van der Waals surface area contributed by atoms with Crippen LogP contribution in [0.3, 0.4) is 0 Å². The molecular formula is C11H16F6N2O2. The first-order valence-electron chi connectivity index (χ1n) is 6.25. The van der Waals surface area contributed by atoms with Gasteiger partial charge in [-0.05, 0) is 25.3 Å². The van der Waals surface area contributed by atoms with Crippen LogP contribution in [0, 0.1) is 5.92 Å². The van der Waals surface area contributed by atoms with Crippen LogP contribution in [-0.4, -0.2) is 43.1 Å². The highest BCUT2D eigenvalue weighted by Gasteiger charge is 2.60. The van der Waals surface area contributed by atoms with E-state index >= 15 is 0 Å². The number of primary amides is 1. The van der Waals surface area contributed by atoms with Gasteiger partial charge in [0.1, 0.15) is 5.54 Å². The van der Waals surface area contributed by atoms with Crippen molar-refractivity contribution in [3.05, 3.63) is 0 Å². The lowest BCUT2D eigenvalue weighted by Crippen LogP contribution is -2.62. The van der Waals surface area contributed by atoms with E-state index in [1.165, 1.54) is 0 Å². The van der Waals surface area contributed by atoms with Crippen LogP contribution in [0.1, 0.15) is 19.8 Å². The number of carbonyl (C=O) groups excluding carboxylic acids is 1. The van der Waals surface area contributed by atoms with Gasteiger partial charge >= 0.3 is 12.4 Å². The zero-order valence-electron chi connectivity index (χ0n) is 11.1. The first-order chi connectivity index (χ1) is 9.45. The number of nitrogens with two attached hydrogens (primary N) is 1. The first-order valence-corrected chi connectivity index (χ1v) is 6.25. The van der Waals surface area contributed by atoms with E-state index in [1.54, 1.807) is 6.92 Å². The zero-order chi connectivity index (χ0) is 16.5. The molecule has 1 unspecified atom stereocenters. The van der Waals surface area contributed by atoms with E-state index < -0.39 is 42.4 Å². The van der Waals surface area contributed by atoms with Crippen molar-refractivity contribution in [2.45, 2.75) is 43.8 Å². The molecule has 124 valence electrons. The fourth-order valence-electron chi connectivity index (χ4n) is 2.15. The zero-order valence-corrected chi connectivity index (χ0v) is 11.1. The van der Waals surface area contributed by atoms with Crippen LogP contribution in [0.15, 0.2) is 0 Å². The van der Waals surface area contributed by atoms with E-state index in [0.717, 1.165) is 0 Å². The van der Waals surface area contributed by atoms with Gasteiger partial charge in [0.25, 0.3) is 0 Å². The molecule has 0 aromatic rings. The van der Waals surface area contributed by atoms with E-state index in [4.69, 9.17) is 5.73 Å². The summed E-state index contributed by atoms with van der Waals surface area (Å²) in [4.78, 5) is 11.5. The lowest BCUT2D eigenvalue weighted by Gasteiger charge is -2.34. The number of hydrogen-bond donors (Lipinski definition) is 2. The van der Waals surface area contributed by atoms with Gasteiger partial charge in [0.05, 0.1) is 6.61 Å². The summed E-state index contributed by atoms with van der Waals surface area (Å²) in [6, 6.07) is 0. The number of halogens is 6. The molecular weight excluding hydrogens is 306 g/mol. The maximum atomic E-state index is 12.4. The van der Waals surface area contributed by atoms with E-state index in [-0.39, 0.29) is 6.54 Å². The molecule has 1 fully saturated rings. The van der Waals surface area contributed by atoms with Crippen LogP contribution >= 0.6 is 0 Å². The molecule has 1 rings (SSSR count). The lowest BCUT2D eigenvalue weighted by atomic mass is 9.93. The van der Waals surface area contributed by atoms with Crippen LogP contribution in [0.4, 0.5) is 26.3 Å². The Kier molecular flexibility index (Phi) is 5.14. The molecule has 0 aromatic heterocycles. The molecule has 0 aromatic carbocycles. The van der Waals surface area contributed by atoms with Gasteiger partial charge in [0, 0.05) is 0 Å². The number of hydrogen-bond acceptors (Lipinski definition) is 3. The topological polar surface area (TPSA) is 64.3 Å². The summed E-state index contributed by atoms with van der Waals surface area (Å²) in [6.45, 7) is 0.640. The fourth-order valence-corrected chi connectivity index (χ4v) is 2.15. The standard InChI is InChI=1S/C11H16F6N2O2/c1-2-19-9(8(18)20,6-3-4-6)5-21-7(10(12,13)14)11(15,16)17/h6-7,19H,2-5H2,1H3,(H2,18,20). The maximum absolute atomic E-state index is 12.4. The molecule has 0 heterocycles. The summed E-state index contributed by atoms with van der Waals surface area (Å²) in [5.41, 5.74) is 3.45. The molecule has 1 aliphatic carbocycles. The second-order valence-corrected chi connectivity index (χ2v) is 4.91. The normalized spacial score (nSPS) is 19.6. The van der Waals surface area contributed by atoms with Gasteiger partial charge in [-0.15, -0.1) is 0 Å². The third-order valence-electron chi connectivity index (χ3n) is 3.28. The SMILES string of the molecule is CCNC(COC(C(F)(F)F)C(F)(F)F)(C(N)=O)C1CC1. The second kappa shape index (κ2) is 5.99.